The molecule has 4 N–H and O–H groups in total. The molecule has 110 valence electrons. The molecule has 0 saturated heterocycles. The largest absolute Gasteiger partial charge is 0.496 e. The third kappa shape index (κ3) is 3.85. The zero-order valence-electron chi connectivity index (χ0n) is 11.3. The molecule has 1 aromatic carbocycles. The van der Waals surface area contributed by atoms with E-state index in [0.29, 0.717) is 18.7 Å². The Morgan fingerprint density at radius 1 is 1.50 bits per heavy atom. The number of carbonyl (C=O) groups excluding carboxylic acids is 1. The molecule has 0 fully saturated rings. The number of carboxylic acid groups (broad SMARTS) is 1. The van der Waals surface area contributed by atoms with Gasteiger partial charge in [0.15, 0.2) is 0 Å². The normalized spacial score (nSPS) is 11.8. The van der Waals surface area contributed by atoms with Gasteiger partial charge in [0.1, 0.15) is 11.3 Å². The lowest BCUT2D eigenvalue weighted by Crippen LogP contribution is -2.23. The molecule has 0 saturated carbocycles. The predicted octanol–water partition coefficient (Wildman–Crippen LogP) is 1.97. The first-order valence-electron chi connectivity index (χ1n) is 6.02. The Morgan fingerprint density at radius 2 is 2.15 bits per heavy atom. The average molecular weight is 301 g/mol. The molecule has 20 heavy (non-hydrogen) atoms. The summed E-state index contributed by atoms with van der Waals surface area (Å²) in [7, 11) is 1.35. The lowest BCUT2D eigenvalue weighted by molar-refractivity contribution is -0.119. The Balaban J connectivity index is 3.02. The monoisotopic (exact) mass is 300 g/mol. The quantitative estimate of drug-likeness (QED) is 0.745. The van der Waals surface area contributed by atoms with Crippen molar-refractivity contribution in [1.82, 2.24) is 0 Å². The van der Waals surface area contributed by atoms with Gasteiger partial charge in [0, 0.05) is 12.0 Å². The molecular formula is C13H17ClN2O4. The summed E-state index contributed by atoms with van der Waals surface area (Å²) in [6.45, 7) is 2.16. The number of carboxylic acids is 1. The van der Waals surface area contributed by atoms with Crippen molar-refractivity contribution in [2.24, 2.45) is 11.7 Å². The third-order valence-corrected chi connectivity index (χ3v) is 3.14. The summed E-state index contributed by atoms with van der Waals surface area (Å²) in [5.74, 6) is -1.52. The lowest BCUT2D eigenvalue weighted by atomic mass is 10.1. The molecule has 1 aromatic rings. The first-order chi connectivity index (χ1) is 9.40. The van der Waals surface area contributed by atoms with Crippen molar-refractivity contribution in [3.63, 3.8) is 0 Å². The molecule has 0 spiro atoms. The zero-order valence-corrected chi connectivity index (χ0v) is 12.0. The van der Waals surface area contributed by atoms with Gasteiger partial charge in [-0.05, 0) is 19.0 Å². The first-order valence-corrected chi connectivity index (χ1v) is 6.40. The Bertz CT molecular complexity index is 519. The minimum atomic E-state index is -1.15. The van der Waals surface area contributed by atoms with Gasteiger partial charge in [-0.25, -0.2) is 4.79 Å². The van der Waals surface area contributed by atoms with E-state index in [-0.39, 0.29) is 28.2 Å². The van der Waals surface area contributed by atoms with Crippen LogP contribution in [0.5, 0.6) is 5.75 Å². The van der Waals surface area contributed by atoms with Crippen LogP contribution in [-0.2, 0) is 4.79 Å². The van der Waals surface area contributed by atoms with Crippen LogP contribution < -0.4 is 15.8 Å². The molecule has 1 unspecified atom stereocenters. The van der Waals surface area contributed by atoms with E-state index in [1.165, 1.54) is 19.2 Å². The number of amides is 1. The lowest BCUT2D eigenvalue weighted by Gasteiger charge is -2.14. The van der Waals surface area contributed by atoms with Crippen molar-refractivity contribution >= 4 is 29.2 Å². The molecule has 1 atom stereocenters. The van der Waals surface area contributed by atoms with Gasteiger partial charge in [-0.3, -0.25) is 4.79 Å². The second-order valence-corrected chi connectivity index (χ2v) is 4.71. The van der Waals surface area contributed by atoms with Gasteiger partial charge >= 0.3 is 5.97 Å². The average Bonchev–Trinajstić information content (AvgIpc) is 2.40. The number of methoxy groups -OCH3 is 1. The number of carbonyl (C=O) groups is 2. The Labute approximate surface area is 121 Å². The van der Waals surface area contributed by atoms with Crippen LogP contribution >= 0.6 is 11.6 Å². The van der Waals surface area contributed by atoms with E-state index in [1.54, 1.807) is 6.92 Å². The number of benzene rings is 1. The van der Waals surface area contributed by atoms with Crippen LogP contribution in [0, 0.1) is 5.92 Å². The fourth-order valence-electron chi connectivity index (χ4n) is 1.62. The van der Waals surface area contributed by atoms with Crippen molar-refractivity contribution in [3.05, 3.63) is 22.7 Å². The maximum atomic E-state index is 11.9. The van der Waals surface area contributed by atoms with E-state index in [1.807, 2.05) is 0 Å². The highest BCUT2D eigenvalue weighted by atomic mass is 35.5. The highest BCUT2D eigenvalue weighted by molar-refractivity contribution is 6.34. The summed E-state index contributed by atoms with van der Waals surface area (Å²) in [5.41, 5.74) is 5.64. The van der Waals surface area contributed by atoms with Gasteiger partial charge in [0.25, 0.3) is 0 Å². The summed E-state index contributed by atoms with van der Waals surface area (Å²) in [6, 6.07) is 2.63. The van der Waals surface area contributed by atoms with Crippen molar-refractivity contribution in [2.75, 3.05) is 19.0 Å². The van der Waals surface area contributed by atoms with Crippen LogP contribution in [0.3, 0.4) is 0 Å². The first kappa shape index (κ1) is 16.3. The molecule has 1 amide bonds. The van der Waals surface area contributed by atoms with E-state index in [0.717, 1.165) is 0 Å². The van der Waals surface area contributed by atoms with E-state index in [9.17, 15) is 9.59 Å². The highest BCUT2D eigenvalue weighted by Crippen LogP contribution is 2.31. The Kier molecular flexibility index (Phi) is 5.79. The minimum Gasteiger partial charge on any atom is -0.496 e. The van der Waals surface area contributed by atoms with Crippen molar-refractivity contribution in [2.45, 2.75) is 13.3 Å². The van der Waals surface area contributed by atoms with Crippen LogP contribution in [0.15, 0.2) is 12.1 Å². The van der Waals surface area contributed by atoms with Gasteiger partial charge in [-0.15, -0.1) is 0 Å². The van der Waals surface area contributed by atoms with Gasteiger partial charge in [-0.1, -0.05) is 18.5 Å². The summed E-state index contributed by atoms with van der Waals surface area (Å²) >= 11 is 5.97. The molecule has 7 heteroatoms. The number of nitrogens with one attached hydrogen (secondary N) is 1. The number of nitrogens with two attached hydrogens (primary N) is 1. The highest BCUT2D eigenvalue weighted by Gasteiger charge is 2.18. The van der Waals surface area contributed by atoms with E-state index in [4.69, 9.17) is 27.2 Å². The maximum absolute atomic E-state index is 11.9. The van der Waals surface area contributed by atoms with Crippen LogP contribution in [0.1, 0.15) is 23.7 Å². The number of ether oxygens (including phenoxy) is 1. The fourth-order valence-corrected chi connectivity index (χ4v) is 1.83. The smallest absolute Gasteiger partial charge is 0.339 e. The molecule has 1 rings (SSSR count). The molecule has 0 aliphatic rings. The second kappa shape index (κ2) is 7.12. The number of hydrogen-bond acceptors (Lipinski definition) is 4. The molecule has 0 radical (unpaired) electrons. The molecule has 0 aromatic heterocycles. The Hall–Kier alpha value is -1.79. The van der Waals surface area contributed by atoms with Crippen LogP contribution in [0.4, 0.5) is 5.69 Å². The minimum absolute atomic E-state index is 0.0643. The maximum Gasteiger partial charge on any atom is 0.339 e. The topological polar surface area (TPSA) is 102 Å². The summed E-state index contributed by atoms with van der Waals surface area (Å²) < 4.78 is 4.98. The summed E-state index contributed by atoms with van der Waals surface area (Å²) in [4.78, 5) is 22.9. The molecule has 0 heterocycles. The summed E-state index contributed by atoms with van der Waals surface area (Å²) in [6.07, 6.45) is 0.549. The van der Waals surface area contributed by atoms with Gasteiger partial charge in [0.05, 0.1) is 17.8 Å². The van der Waals surface area contributed by atoms with E-state index >= 15 is 0 Å². The summed E-state index contributed by atoms with van der Waals surface area (Å²) in [5, 5.41) is 11.8. The van der Waals surface area contributed by atoms with E-state index in [2.05, 4.69) is 5.32 Å². The number of aromatic carboxylic acids is 1. The van der Waals surface area contributed by atoms with Gasteiger partial charge < -0.3 is 20.9 Å². The van der Waals surface area contributed by atoms with Crippen molar-refractivity contribution < 1.29 is 19.4 Å². The second-order valence-electron chi connectivity index (χ2n) is 4.31. The molecule has 6 nitrogen and oxygen atoms in total. The fraction of sp³-hybridized carbons (Fsp3) is 0.385. The Morgan fingerprint density at radius 3 is 2.65 bits per heavy atom. The SMILES string of the molecule is COc1cc(NC(=O)C(C)CCN)c(Cl)cc1C(=O)O. The molecule has 0 aliphatic heterocycles. The predicted molar refractivity (Wildman–Crippen MR) is 76.4 cm³/mol. The van der Waals surface area contributed by atoms with Gasteiger partial charge in [0.2, 0.25) is 5.91 Å². The van der Waals surface area contributed by atoms with Crippen LogP contribution in [0.25, 0.3) is 0 Å². The number of hydrogen-bond donors (Lipinski definition) is 3. The number of anilines is 1. The number of halogens is 1. The molecule has 0 bridgehead atoms. The van der Waals surface area contributed by atoms with Crippen molar-refractivity contribution in [3.8, 4) is 5.75 Å². The standard InChI is InChI=1S/C13H17ClN2O4/c1-7(3-4-15)12(17)16-10-6-11(20-2)8(13(18)19)5-9(10)14/h5-7H,3-4,15H2,1-2H3,(H,16,17)(H,18,19). The van der Waals surface area contributed by atoms with Gasteiger partial charge in [-0.2, -0.15) is 0 Å². The van der Waals surface area contributed by atoms with E-state index < -0.39 is 5.97 Å². The van der Waals surface area contributed by atoms with Crippen molar-refractivity contribution in [1.29, 1.82) is 0 Å². The van der Waals surface area contributed by atoms with Crippen LogP contribution in [-0.4, -0.2) is 30.6 Å². The molecule has 0 aliphatic carbocycles. The van der Waals surface area contributed by atoms with Crippen LogP contribution in [0.2, 0.25) is 5.02 Å². The zero-order chi connectivity index (χ0) is 15.3. The molecular weight excluding hydrogens is 284 g/mol. The third-order valence-electron chi connectivity index (χ3n) is 2.82. The number of rotatable bonds is 6.